The van der Waals surface area contributed by atoms with Crippen LogP contribution in [0.2, 0.25) is 0 Å². The molecule has 1 aromatic rings. The van der Waals surface area contributed by atoms with Crippen molar-refractivity contribution in [2.45, 2.75) is 120 Å². The Labute approximate surface area is 221 Å². The minimum absolute atomic E-state index is 0.0993. The third-order valence-corrected chi connectivity index (χ3v) is 5.28. The van der Waals surface area contributed by atoms with Gasteiger partial charge in [0.25, 0.3) is 10.2 Å². The molecule has 0 saturated heterocycles. The number of nitrogens with one attached hydrogen (secondary N) is 1. The van der Waals surface area contributed by atoms with Crippen molar-refractivity contribution < 1.29 is 24.2 Å². The average Bonchev–Trinajstić information content (AvgIpc) is 2.81. The summed E-state index contributed by atoms with van der Waals surface area (Å²) in [4.78, 5) is 0. The van der Waals surface area contributed by atoms with Crippen LogP contribution in [0.3, 0.4) is 0 Å². The van der Waals surface area contributed by atoms with Gasteiger partial charge in [-0.05, 0) is 31.0 Å². The van der Waals surface area contributed by atoms with E-state index in [4.69, 9.17) is 4.74 Å². The maximum Gasteiger partial charge on any atom is 0.289 e. The van der Waals surface area contributed by atoms with Crippen LogP contribution in [0.1, 0.15) is 113 Å². The molecule has 0 aliphatic carbocycles. The second-order valence-corrected chi connectivity index (χ2v) is 10.2. The first-order valence-electron chi connectivity index (χ1n) is 13.3. The highest BCUT2D eigenvalue weighted by molar-refractivity contribution is 8.46. The molecule has 0 aliphatic heterocycles. The topological polar surface area (TPSA) is 21.3 Å². The zero-order chi connectivity index (χ0) is 29.7. The molecule has 0 aromatic heterocycles. The van der Waals surface area contributed by atoms with Gasteiger partial charge in [0.2, 0.25) is 0 Å². The molecule has 0 bridgehead atoms. The molecule has 2 nitrogen and oxygen atoms in total. The SMILES string of the molecule is C=CC.CC.CC.CCC.CCC.CCCCCC(CNCc1ccc(OC)cc1)S(F)(F)(F)(F)F. The molecule has 8 heteroatoms. The van der Waals surface area contributed by atoms with E-state index in [0.717, 1.165) is 0 Å². The highest BCUT2D eigenvalue weighted by atomic mass is 32.5. The van der Waals surface area contributed by atoms with Gasteiger partial charge in [-0.2, -0.15) is 0 Å². The van der Waals surface area contributed by atoms with E-state index < -0.39 is 28.4 Å². The largest absolute Gasteiger partial charge is 0.497 e. The molecule has 1 unspecified atom stereocenters. The van der Waals surface area contributed by atoms with Gasteiger partial charge < -0.3 is 10.1 Å². The van der Waals surface area contributed by atoms with E-state index in [-0.39, 0.29) is 13.0 Å². The lowest BCUT2D eigenvalue weighted by atomic mass is 10.1. The van der Waals surface area contributed by atoms with Crippen molar-refractivity contribution in [1.29, 1.82) is 0 Å². The van der Waals surface area contributed by atoms with Crippen molar-refractivity contribution >= 4 is 10.2 Å². The number of hydrogen-bond donors (Lipinski definition) is 1. The lowest BCUT2D eigenvalue weighted by Crippen LogP contribution is -2.35. The predicted molar refractivity (Wildman–Crippen MR) is 156 cm³/mol. The molecule has 1 aromatic carbocycles. The Morgan fingerprint density at radius 1 is 0.861 bits per heavy atom. The Morgan fingerprint density at radius 3 is 1.56 bits per heavy atom. The van der Waals surface area contributed by atoms with Crippen LogP contribution in [0.15, 0.2) is 36.9 Å². The first-order valence-corrected chi connectivity index (χ1v) is 15.4. The minimum atomic E-state index is -9.48. The van der Waals surface area contributed by atoms with Crippen LogP contribution in [-0.2, 0) is 6.54 Å². The Hall–Kier alpha value is -1.28. The van der Waals surface area contributed by atoms with Crippen molar-refractivity contribution in [2.75, 3.05) is 13.7 Å². The molecule has 0 spiro atoms. The Morgan fingerprint density at radius 2 is 1.25 bits per heavy atom. The van der Waals surface area contributed by atoms with E-state index in [0.29, 0.717) is 24.2 Å². The fraction of sp³-hybridized carbons (Fsp3) is 0.714. The normalized spacial score (nSPS) is 12.2. The maximum atomic E-state index is 13.1. The van der Waals surface area contributed by atoms with E-state index in [9.17, 15) is 19.4 Å². The van der Waals surface area contributed by atoms with Crippen LogP contribution in [-0.4, -0.2) is 18.9 Å². The van der Waals surface area contributed by atoms with Gasteiger partial charge in [-0.3, -0.25) is 0 Å². The molecule has 1 rings (SSSR count). The zero-order valence-corrected chi connectivity index (χ0v) is 25.9. The maximum absolute atomic E-state index is 13.1. The summed E-state index contributed by atoms with van der Waals surface area (Å²) in [5.41, 5.74) is 0.709. The van der Waals surface area contributed by atoms with Crippen LogP contribution in [0.5, 0.6) is 5.75 Å². The standard InChI is InChI=1S/C15H24F5NOS.2C3H8.C3H6.2C2H6/c1-3-4-5-6-15(23(16,17,18,19)20)12-21-11-13-7-9-14(22-2)10-8-13;3*1-3-2;2*1-2/h7-10,15,21H,3-6,11-12H2,1-2H3;2*3H2,1-2H3;3H,1H2,2H3;2*1-2H3. The van der Waals surface area contributed by atoms with Gasteiger partial charge in [0.05, 0.1) is 7.11 Å². The van der Waals surface area contributed by atoms with Gasteiger partial charge >= 0.3 is 0 Å². The number of rotatable bonds is 10. The van der Waals surface area contributed by atoms with E-state index in [2.05, 4.69) is 39.6 Å². The molecule has 222 valence electrons. The molecular formula is C28H58F5NOS. The van der Waals surface area contributed by atoms with Gasteiger partial charge in [0.1, 0.15) is 11.0 Å². The van der Waals surface area contributed by atoms with Gasteiger partial charge in [-0.15, -0.1) is 6.58 Å². The Balaban J connectivity index is -0.000000208. The molecular weight excluding hydrogens is 493 g/mol. The van der Waals surface area contributed by atoms with Crippen LogP contribution in [0.25, 0.3) is 0 Å². The summed E-state index contributed by atoms with van der Waals surface area (Å²) in [6.07, 6.45) is 5.06. The predicted octanol–water partition coefficient (Wildman–Crippen LogP) is 12.1. The van der Waals surface area contributed by atoms with Crippen molar-refractivity contribution in [3.63, 3.8) is 0 Å². The fourth-order valence-electron chi connectivity index (χ4n) is 2.23. The number of unbranched alkanes of at least 4 members (excludes halogenated alkanes) is 2. The van der Waals surface area contributed by atoms with E-state index in [1.807, 2.05) is 41.5 Å². The molecule has 0 radical (unpaired) electrons. The summed E-state index contributed by atoms with van der Waals surface area (Å²) in [6.45, 7) is 22.9. The summed E-state index contributed by atoms with van der Waals surface area (Å²) in [7, 11) is -7.98. The van der Waals surface area contributed by atoms with Crippen LogP contribution >= 0.6 is 10.2 Å². The molecule has 0 fully saturated rings. The quantitative estimate of drug-likeness (QED) is 0.177. The third kappa shape index (κ3) is 32.7. The molecule has 0 saturated carbocycles. The average molecular weight is 552 g/mol. The van der Waals surface area contributed by atoms with E-state index in [1.54, 1.807) is 30.3 Å². The lowest BCUT2D eigenvalue weighted by molar-refractivity contribution is 0.329. The second kappa shape index (κ2) is 25.4. The highest BCUT2D eigenvalue weighted by Gasteiger charge is 2.69. The first kappa shape index (κ1) is 44.7. The van der Waals surface area contributed by atoms with Gasteiger partial charge in [-0.1, -0.05) is 132 Å². The summed E-state index contributed by atoms with van der Waals surface area (Å²) in [5.74, 6) is 0.623. The van der Waals surface area contributed by atoms with Gasteiger partial charge in [0, 0.05) is 13.1 Å². The third-order valence-electron chi connectivity index (χ3n) is 3.62. The smallest absolute Gasteiger partial charge is 0.289 e. The number of ether oxygens (including phenoxy) is 1. The van der Waals surface area contributed by atoms with Crippen LogP contribution in [0.4, 0.5) is 19.4 Å². The second-order valence-electron chi connectivity index (χ2n) is 7.45. The van der Waals surface area contributed by atoms with Crippen molar-refractivity contribution in [1.82, 2.24) is 5.32 Å². The number of hydrogen-bond acceptors (Lipinski definition) is 2. The Bertz CT molecular complexity index is 561. The number of halogens is 5. The fourth-order valence-corrected chi connectivity index (χ4v) is 3.27. The van der Waals surface area contributed by atoms with Gasteiger partial charge in [-0.25, -0.2) is 0 Å². The molecule has 0 aliphatic rings. The first-order chi connectivity index (χ1) is 16.7. The molecule has 0 amide bonds. The molecule has 36 heavy (non-hydrogen) atoms. The zero-order valence-electron chi connectivity index (χ0n) is 25.0. The van der Waals surface area contributed by atoms with Crippen molar-refractivity contribution in [3.8, 4) is 5.75 Å². The van der Waals surface area contributed by atoms with Crippen molar-refractivity contribution in [3.05, 3.63) is 42.5 Å². The summed E-state index contributed by atoms with van der Waals surface area (Å²) in [5, 5.41) is -0.0717. The van der Waals surface area contributed by atoms with Gasteiger partial charge in [0.15, 0.2) is 0 Å². The lowest BCUT2D eigenvalue weighted by Gasteiger charge is -2.47. The monoisotopic (exact) mass is 551 g/mol. The molecule has 1 atom stereocenters. The molecule has 0 heterocycles. The molecule has 1 N–H and O–H groups in total. The summed E-state index contributed by atoms with van der Waals surface area (Å²) in [6, 6.07) is 6.69. The minimum Gasteiger partial charge on any atom is -0.497 e. The van der Waals surface area contributed by atoms with E-state index >= 15 is 0 Å². The summed E-state index contributed by atoms with van der Waals surface area (Å²) >= 11 is 0. The number of allylic oxidation sites excluding steroid dienone is 1. The van der Waals surface area contributed by atoms with Crippen LogP contribution < -0.4 is 10.1 Å². The van der Waals surface area contributed by atoms with Crippen molar-refractivity contribution in [2.24, 2.45) is 0 Å². The number of methoxy groups -OCH3 is 1. The Kier molecular flexibility index (Phi) is 31.5. The summed E-state index contributed by atoms with van der Waals surface area (Å²) < 4.78 is 70.3. The number of benzene rings is 1. The van der Waals surface area contributed by atoms with E-state index in [1.165, 1.54) is 20.0 Å². The van der Waals surface area contributed by atoms with Crippen LogP contribution in [0, 0.1) is 0 Å². The highest BCUT2D eigenvalue weighted by Crippen LogP contribution is 3.00.